The highest BCUT2D eigenvalue weighted by atomic mass is 16.5. The fourth-order valence-corrected chi connectivity index (χ4v) is 3.53. The van der Waals surface area contributed by atoms with Crippen LogP contribution in [0.3, 0.4) is 0 Å². The quantitative estimate of drug-likeness (QED) is 0.844. The lowest BCUT2D eigenvalue weighted by molar-refractivity contribution is 0.317. The molecule has 0 spiro atoms. The predicted octanol–water partition coefficient (Wildman–Crippen LogP) is 4.08. The van der Waals surface area contributed by atoms with Crippen LogP contribution in [0.25, 0.3) is 0 Å². The van der Waals surface area contributed by atoms with E-state index in [1.807, 2.05) is 6.07 Å². The molecule has 1 aromatic rings. The van der Waals surface area contributed by atoms with Gasteiger partial charge < -0.3 is 10.1 Å². The molecule has 2 aliphatic rings. The molecule has 0 amide bonds. The standard InChI is InChI=1S/C16H23NO/c1-2-8-18-15-5-3-4-14(11-15)17-16-10-12-6-7-13(16)9-12/h3-5,11-13,16-17H,2,6-10H2,1H3. The number of hydrogen-bond donors (Lipinski definition) is 1. The minimum Gasteiger partial charge on any atom is -0.494 e. The molecule has 2 fully saturated rings. The Bertz CT molecular complexity index is 404. The van der Waals surface area contributed by atoms with Crippen LogP contribution >= 0.6 is 0 Å². The van der Waals surface area contributed by atoms with E-state index < -0.39 is 0 Å². The van der Waals surface area contributed by atoms with Crippen LogP contribution < -0.4 is 10.1 Å². The molecule has 18 heavy (non-hydrogen) atoms. The molecule has 0 aliphatic heterocycles. The van der Waals surface area contributed by atoms with Gasteiger partial charge in [-0.2, -0.15) is 0 Å². The Hall–Kier alpha value is -1.18. The number of rotatable bonds is 5. The van der Waals surface area contributed by atoms with E-state index in [0.717, 1.165) is 30.6 Å². The molecule has 3 atom stereocenters. The summed E-state index contributed by atoms with van der Waals surface area (Å²) in [6.07, 6.45) is 6.76. The van der Waals surface area contributed by atoms with Gasteiger partial charge in [0, 0.05) is 17.8 Å². The molecule has 2 nitrogen and oxygen atoms in total. The van der Waals surface area contributed by atoms with Crippen LogP contribution in [0.4, 0.5) is 5.69 Å². The molecule has 0 radical (unpaired) electrons. The third kappa shape index (κ3) is 2.47. The van der Waals surface area contributed by atoms with E-state index in [1.165, 1.54) is 31.4 Å². The number of anilines is 1. The highest BCUT2D eigenvalue weighted by Crippen LogP contribution is 2.45. The molecule has 0 saturated heterocycles. The van der Waals surface area contributed by atoms with Crippen LogP contribution in [0, 0.1) is 11.8 Å². The molecular formula is C16H23NO. The highest BCUT2D eigenvalue weighted by Gasteiger charge is 2.39. The van der Waals surface area contributed by atoms with E-state index in [1.54, 1.807) is 0 Å². The molecule has 2 aliphatic carbocycles. The van der Waals surface area contributed by atoms with Gasteiger partial charge in [-0.25, -0.2) is 0 Å². The van der Waals surface area contributed by atoms with Gasteiger partial charge in [0.05, 0.1) is 6.61 Å². The summed E-state index contributed by atoms with van der Waals surface area (Å²) in [7, 11) is 0. The minimum absolute atomic E-state index is 0.699. The summed E-state index contributed by atoms with van der Waals surface area (Å²) in [6.45, 7) is 2.94. The van der Waals surface area contributed by atoms with E-state index in [-0.39, 0.29) is 0 Å². The van der Waals surface area contributed by atoms with Gasteiger partial charge in [0.1, 0.15) is 5.75 Å². The van der Waals surface area contributed by atoms with Crippen molar-refractivity contribution in [2.24, 2.45) is 11.8 Å². The van der Waals surface area contributed by atoms with Crippen LogP contribution in [0.15, 0.2) is 24.3 Å². The summed E-state index contributed by atoms with van der Waals surface area (Å²) < 4.78 is 5.68. The third-order valence-electron chi connectivity index (χ3n) is 4.40. The Morgan fingerprint density at radius 1 is 1.28 bits per heavy atom. The fourth-order valence-electron chi connectivity index (χ4n) is 3.53. The zero-order valence-corrected chi connectivity index (χ0v) is 11.2. The van der Waals surface area contributed by atoms with Crippen molar-refractivity contribution in [2.75, 3.05) is 11.9 Å². The predicted molar refractivity (Wildman–Crippen MR) is 75.1 cm³/mol. The summed E-state index contributed by atoms with van der Waals surface area (Å²) in [5.41, 5.74) is 1.22. The minimum atomic E-state index is 0.699. The second-order valence-electron chi connectivity index (χ2n) is 5.80. The summed E-state index contributed by atoms with van der Waals surface area (Å²) in [6, 6.07) is 9.12. The Morgan fingerprint density at radius 2 is 2.22 bits per heavy atom. The van der Waals surface area contributed by atoms with Crippen LogP contribution in [-0.2, 0) is 0 Å². The maximum absolute atomic E-state index is 5.68. The molecular weight excluding hydrogens is 222 g/mol. The van der Waals surface area contributed by atoms with Gasteiger partial charge in [0.25, 0.3) is 0 Å². The zero-order chi connectivity index (χ0) is 12.4. The zero-order valence-electron chi connectivity index (χ0n) is 11.2. The Kier molecular flexibility index (Phi) is 3.44. The largest absolute Gasteiger partial charge is 0.494 e. The first-order chi connectivity index (χ1) is 8.85. The maximum Gasteiger partial charge on any atom is 0.121 e. The summed E-state index contributed by atoms with van der Waals surface area (Å²) in [5, 5.41) is 3.71. The maximum atomic E-state index is 5.68. The van der Waals surface area contributed by atoms with Gasteiger partial charge >= 0.3 is 0 Å². The van der Waals surface area contributed by atoms with Crippen molar-refractivity contribution in [1.82, 2.24) is 0 Å². The van der Waals surface area contributed by atoms with Crippen molar-refractivity contribution < 1.29 is 4.74 Å². The number of hydrogen-bond acceptors (Lipinski definition) is 2. The first kappa shape index (κ1) is 11.9. The second-order valence-corrected chi connectivity index (χ2v) is 5.80. The molecule has 0 heterocycles. The third-order valence-corrected chi connectivity index (χ3v) is 4.40. The van der Waals surface area contributed by atoms with E-state index in [2.05, 4.69) is 30.4 Å². The van der Waals surface area contributed by atoms with E-state index in [9.17, 15) is 0 Å². The molecule has 1 aromatic carbocycles. The van der Waals surface area contributed by atoms with Crippen molar-refractivity contribution in [3.05, 3.63) is 24.3 Å². The average molecular weight is 245 g/mol. The topological polar surface area (TPSA) is 21.3 Å². The molecule has 1 N–H and O–H groups in total. The average Bonchev–Trinajstić information content (AvgIpc) is 2.99. The van der Waals surface area contributed by atoms with Crippen LogP contribution in [0.1, 0.15) is 39.0 Å². The summed E-state index contributed by atoms with van der Waals surface area (Å²) >= 11 is 0. The van der Waals surface area contributed by atoms with Crippen molar-refractivity contribution >= 4 is 5.69 Å². The lowest BCUT2D eigenvalue weighted by atomic mass is 9.95. The van der Waals surface area contributed by atoms with Crippen molar-refractivity contribution in [1.29, 1.82) is 0 Å². The first-order valence-corrected chi connectivity index (χ1v) is 7.34. The summed E-state index contributed by atoms with van der Waals surface area (Å²) in [4.78, 5) is 0. The SMILES string of the molecule is CCCOc1cccc(NC2CC3CCC2C3)c1. The van der Waals surface area contributed by atoms with Crippen LogP contribution in [0.5, 0.6) is 5.75 Å². The van der Waals surface area contributed by atoms with Gasteiger partial charge in [0.15, 0.2) is 0 Å². The fraction of sp³-hybridized carbons (Fsp3) is 0.625. The molecule has 3 unspecified atom stereocenters. The second kappa shape index (κ2) is 5.21. The Labute approximate surface area is 110 Å². The highest BCUT2D eigenvalue weighted by molar-refractivity contribution is 5.49. The monoisotopic (exact) mass is 245 g/mol. The van der Waals surface area contributed by atoms with Gasteiger partial charge in [-0.3, -0.25) is 0 Å². The molecule has 3 rings (SSSR count). The van der Waals surface area contributed by atoms with Crippen LogP contribution in [-0.4, -0.2) is 12.6 Å². The molecule has 2 heteroatoms. The van der Waals surface area contributed by atoms with Crippen molar-refractivity contribution in [2.45, 2.75) is 45.1 Å². The lowest BCUT2D eigenvalue weighted by Gasteiger charge is -2.24. The van der Waals surface area contributed by atoms with Crippen molar-refractivity contribution in [3.63, 3.8) is 0 Å². The Balaban J connectivity index is 1.62. The van der Waals surface area contributed by atoms with Gasteiger partial charge in [-0.15, -0.1) is 0 Å². The Morgan fingerprint density at radius 3 is 2.94 bits per heavy atom. The molecule has 2 saturated carbocycles. The van der Waals surface area contributed by atoms with Gasteiger partial charge in [-0.1, -0.05) is 19.4 Å². The summed E-state index contributed by atoms with van der Waals surface area (Å²) in [5.74, 6) is 2.90. The van der Waals surface area contributed by atoms with Gasteiger partial charge in [0.2, 0.25) is 0 Å². The molecule has 2 bridgehead atoms. The normalized spacial score (nSPS) is 29.5. The number of fused-ring (bicyclic) bond motifs is 2. The van der Waals surface area contributed by atoms with Crippen molar-refractivity contribution in [3.8, 4) is 5.75 Å². The molecule has 0 aromatic heterocycles. The number of benzene rings is 1. The van der Waals surface area contributed by atoms with Crippen LogP contribution in [0.2, 0.25) is 0 Å². The first-order valence-electron chi connectivity index (χ1n) is 7.34. The number of ether oxygens (including phenoxy) is 1. The number of nitrogens with one attached hydrogen (secondary N) is 1. The van der Waals surface area contributed by atoms with Gasteiger partial charge in [-0.05, 0) is 49.7 Å². The van der Waals surface area contributed by atoms with E-state index in [4.69, 9.17) is 4.74 Å². The lowest BCUT2D eigenvalue weighted by Crippen LogP contribution is -2.25. The smallest absolute Gasteiger partial charge is 0.121 e. The van der Waals surface area contributed by atoms with E-state index >= 15 is 0 Å². The molecule has 98 valence electrons. The van der Waals surface area contributed by atoms with E-state index in [0.29, 0.717) is 6.04 Å².